The van der Waals surface area contributed by atoms with Crippen molar-refractivity contribution >= 4 is 22.8 Å². The van der Waals surface area contributed by atoms with E-state index in [1.165, 1.54) is 19.3 Å². The molecule has 2 aromatic rings. The molecule has 0 saturated heterocycles. The quantitative estimate of drug-likeness (QED) is 0.742. The van der Waals surface area contributed by atoms with Gasteiger partial charge in [-0.3, -0.25) is 14.2 Å². The number of fused-ring (bicyclic) bond motifs is 2. The molecule has 0 atom stereocenters. The Kier molecular flexibility index (Phi) is 6.99. The third-order valence-electron chi connectivity index (χ3n) is 6.45. The van der Waals surface area contributed by atoms with Crippen LogP contribution in [0.5, 0.6) is 0 Å². The summed E-state index contributed by atoms with van der Waals surface area (Å²) in [7, 11) is 0. The number of hydrogen-bond donors (Lipinski definition) is 1. The van der Waals surface area contributed by atoms with Crippen LogP contribution in [0, 0.1) is 5.92 Å². The van der Waals surface area contributed by atoms with Crippen LogP contribution in [0.1, 0.15) is 74.0 Å². The summed E-state index contributed by atoms with van der Waals surface area (Å²) in [5.41, 5.74) is 0.757. The lowest BCUT2D eigenvalue weighted by atomic mass is 9.89. The fourth-order valence-corrected chi connectivity index (χ4v) is 4.64. The number of rotatable bonds is 5. The molecular weight excluding hydrogens is 394 g/mol. The van der Waals surface area contributed by atoms with Crippen molar-refractivity contribution in [1.29, 1.82) is 0 Å². The molecule has 1 aliphatic carbocycles. The van der Waals surface area contributed by atoms with Crippen LogP contribution in [-0.2, 0) is 22.5 Å². The van der Waals surface area contributed by atoms with E-state index in [0.29, 0.717) is 35.5 Å². The molecule has 7 heteroatoms. The highest BCUT2D eigenvalue weighted by Crippen LogP contribution is 2.22. The van der Waals surface area contributed by atoms with E-state index in [1.54, 1.807) is 22.8 Å². The molecule has 31 heavy (non-hydrogen) atoms. The van der Waals surface area contributed by atoms with Gasteiger partial charge >= 0.3 is 5.97 Å². The van der Waals surface area contributed by atoms with Crippen molar-refractivity contribution in [2.24, 2.45) is 5.92 Å². The van der Waals surface area contributed by atoms with Gasteiger partial charge in [-0.05, 0) is 49.8 Å². The Morgan fingerprint density at radius 3 is 2.68 bits per heavy atom. The predicted octanol–water partition coefficient (Wildman–Crippen LogP) is 3.37. The molecule has 1 saturated carbocycles. The maximum atomic E-state index is 12.9. The first-order valence-electron chi connectivity index (χ1n) is 11.6. The monoisotopic (exact) mass is 425 g/mol. The van der Waals surface area contributed by atoms with E-state index in [2.05, 4.69) is 10.3 Å². The molecular formula is C24H31N3O4. The normalized spacial score (nSPS) is 17.4. The van der Waals surface area contributed by atoms with Crippen LogP contribution in [0.2, 0.25) is 0 Å². The fourth-order valence-electron chi connectivity index (χ4n) is 4.64. The van der Waals surface area contributed by atoms with Crippen LogP contribution < -0.4 is 10.9 Å². The van der Waals surface area contributed by atoms with Gasteiger partial charge in [0, 0.05) is 19.5 Å². The first-order valence-corrected chi connectivity index (χ1v) is 11.6. The van der Waals surface area contributed by atoms with Crippen molar-refractivity contribution in [2.75, 3.05) is 13.2 Å². The molecule has 1 amide bonds. The molecule has 7 nitrogen and oxygen atoms in total. The van der Waals surface area contributed by atoms with Crippen molar-refractivity contribution < 1.29 is 14.3 Å². The Labute approximate surface area is 182 Å². The van der Waals surface area contributed by atoms with Gasteiger partial charge in [0.05, 0.1) is 16.5 Å². The number of aryl methyl sites for hydroxylation is 1. The van der Waals surface area contributed by atoms with Crippen LogP contribution >= 0.6 is 0 Å². The number of ether oxygens (including phenoxy) is 1. The van der Waals surface area contributed by atoms with E-state index >= 15 is 0 Å². The third-order valence-corrected chi connectivity index (χ3v) is 6.45. The Morgan fingerprint density at radius 2 is 1.84 bits per heavy atom. The Hall–Kier alpha value is -2.70. The second kappa shape index (κ2) is 10.1. The number of esters is 1. The second-order valence-electron chi connectivity index (χ2n) is 8.77. The van der Waals surface area contributed by atoms with Gasteiger partial charge in [-0.25, -0.2) is 9.78 Å². The molecule has 1 aromatic heterocycles. The molecule has 0 unspecified atom stereocenters. The van der Waals surface area contributed by atoms with Crippen molar-refractivity contribution in [3.05, 3.63) is 39.9 Å². The minimum atomic E-state index is -0.580. The van der Waals surface area contributed by atoms with Crippen LogP contribution in [0.3, 0.4) is 0 Å². The van der Waals surface area contributed by atoms with Gasteiger partial charge in [-0.15, -0.1) is 0 Å². The van der Waals surface area contributed by atoms with E-state index in [9.17, 15) is 14.4 Å². The summed E-state index contributed by atoms with van der Waals surface area (Å²) in [4.78, 5) is 42.1. The molecule has 0 bridgehead atoms. The minimum Gasteiger partial charge on any atom is -0.452 e. The minimum absolute atomic E-state index is 0.0519. The highest BCUT2D eigenvalue weighted by atomic mass is 16.5. The largest absolute Gasteiger partial charge is 0.452 e. The molecule has 0 spiro atoms. The number of nitrogens with one attached hydrogen (secondary N) is 1. The smallest absolute Gasteiger partial charge is 0.338 e. The van der Waals surface area contributed by atoms with E-state index < -0.39 is 5.97 Å². The molecule has 1 N–H and O–H groups in total. The molecule has 2 aliphatic rings. The topological polar surface area (TPSA) is 90.3 Å². The molecule has 166 valence electrons. The lowest BCUT2D eigenvalue weighted by Gasteiger charge is -2.21. The zero-order valence-corrected chi connectivity index (χ0v) is 18.0. The molecule has 4 rings (SSSR count). The average Bonchev–Trinajstić information content (AvgIpc) is 2.77. The number of carbonyl (C=O) groups excluding carboxylic acids is 2. The summed E-state index contributed by atoms with van der Waals surface area (Å²) in [6, 6.07) is 4.80. The summed E-state index contributed by atoms with van der Waals surface area (Å²) < 4.78 is 6.97. The highest BCUT2D eigenvalue weighted by molar-refractivity contribution is 5.95. The van der Waals surface area contributed by atoms with Gasteiger partial charge in [0.15, 0.2) is 6.61 Å². The van der Waals surface area contributed by atoms with Gasteiger partial charge < -0.3 is 10.1 Å². The first-order chi connectivity index (χ1) is 15.1. The fraction of sp³-hybridized carbons (Fsp3) is 0.583. The summed E-state index contributed by atoms with van der Waals surface area (Å²) in [6.45, 7) is 1.03. The number of aromatic nitrogens is 2. The second-order valence-corrected chi connectivity index (χ2v) is 8.77. The highest BCUT2D eigenvalue weighted by Gasteiger charge is 2.17. The van der Waals surface area contributed by atoms with Gasteiger partial charge in [-0.1, -0.05) is 32.1 Å². The van der Waals surface area contributed by atoms with Crippen LogP contribution in [0.15, 0.2) is 23.0 Å². The molecule has 0 radical (unpaired) electrons. The SMILES string of the molecule is O=C(COC(=O)c1ccc2c(=O)n3c(nc2c1)CCCCCC3)NCC1CCCCC1. The summed E-state index contributed by atoms with van der Waals surface area (Å²) >= 11 is 0. The maximum Gasteiger partial charge on any atom is 0.338 e. The average molecular weight is 426 g/mol. The van der Waals surface area contributed by atoms with Crippen molar-refractivity contribution in [3.8, 4) is 0 Å². The van der Waals surface area contributed by atoms with Gasteiger partial charge in [0.2, 0.25) is 0 Å². The summed E-state index contributed by atoms with van der Waals surface area (Å²) in [6.07, 6.45) is 11.0. The Morgan fingerprint density at radius 1 is 1.06 bits per heavy atom. The standard InChI is InChI=1S/C24H31N3O4/c28-22(25-15-17-8-4-3-5-9-17)16-31-24(30)18-11-12-19-20(14-18)26-21-10-6-1-2-7-13-27(21)23(19)29/h11-12,14,17H,1-10,13,15-16H2,(H,25,28). The van der Waals surface area contributed by atoms with E-state index in [1.807, 2.05) is 0 Å². The Bertz CT molecular complexity index is 1010. The van der Waals surface area contributed by atoms with Crippen molar-refractivity contribution in [1.82, 2.24) is 14.9 Å². The van der Waals surface area contributed by atoms with E-state index in [0.717, 1.165) is 50.8 Å². The Balaban J connectivity index is 1.40. The number of hydrogen-bond acceptors (Lipinski definition) is 5. The number of carbonyl (C=O) groups is 2. The number of benzene rings is 1. The van der Waals surface area contributed by atoms with Crippen LogP contribution in [0.25, 0.3) is 10.9 Å². The van der Waals surface area contributed by atoms with Gasteiger partial charge in [0.1, 0.15) is 5.82 Å². The zero-order valence-electron chi connectivity index (χ0n) is 18.0. The molecule has 1 aliphatic heterocycles. The lowest BCUT2D eigenvalue weighted by Crippen LogP contribution is -2.33. The lowest BCUT2D eigenvalue weighted by molar-refractivity contribution is -0.124. The van der Waals surface area contributed by atoms with Crippen LogP contribution in [0.4, 0.5) is 0 Å². The van der Waals surface area contributed by atoms with Crippen molar-refractivity contribution in [2.45, 2.75) is 70.8 Å². The van der Waals surface area contributed by atoms with Crippen LogP contribution in [-0.4, -0.2) is 34.6 Å². The first kappa shape index (κ1) is 21.5. The zero-order chi connectivity index (χ0) is 21.6. The number of amides is 1. The maximum absolute atomic E-state index is 12.9. The number of nitrogens with zero attached hydrogens (tertiary/aromatic N) is 2. The molecule has 2 heterocycles. The third kappa shape index (κ3) is 5.32. The summed E-state index contributed by atoms with van der Waals surface area (Å²) in [5.74, 6) is 0.448. The molecule has 1 fully saturated rings. The van der Waals surface area contributed by atoms with E-state index in [4.69, 9.17) is 4.74 Å². The summed E-state index contributed by atoms with van der Waals surface area (Å²) in [5, 5.41) is 3.37. The van der Waals surface area contributed by atoms with Gasteiger partial charge in [-0.2, -0.15) is 0 Å². The van der Waals surface area contributed by atoms with E-state index in [-0.39, 0.29) is 18.1 Å². The predicted molar refractivity (Wildman–Crippen MR) is 118 cm³/mol. The van der Waals surface area contributed by atoms with Crippen molar-refractivity contribution in [3.63, 3.8) is 0 Å². The molecule has 1 aromatic carbocycles. The van der Waals surface area contributed by atoms with Gasteiger partial charge in [0.25, 0.3) is 11.5 Å².